The minimum Gasteiger partial charge on any atom is -0.456 e. The van der Waals surface area contributed by atoms with Gasteiger partial charge in [0.05, 0.1) is 19.4 Å². The average Bonchev–Trinajstić information content (AvgIpc) is 1.12. The highest BCUT2D eigenvalue weighted by Gasteiger charge is 2.49. The summed E-state index contributed by atoms with van der Waals surface area (Å²) in [4.78, 5) is 6.05. The molecular weight excluding hydrogens is 934 g/mol. The first-order valence-corrected chi connectivity index (χ1v) is 27.9. The van der Waals surface area contributed by atoms with Crippen LogP contribution >= 0.6 is 0 Å². The van der Waals surface area contributed by atoms with Gasteiger partial charge in [0.1, 0.15) is 11.2 Å². The molecule has 4 nitrogen and oxygen atoms in total. The van der Waals surface area contributed by atoms with E-state index in [9.17, 15) is 11.0 Å². The maximum absolute atomic E-state index is 9.73. The zero-order valence-corrected chi connectivity index (χ0v) is 46.8. The molecular formula is C72H74BN3O. The highest BCUT2D eigenvalue weighted by molar-refractivity contribution is 7.00. The molecule has 0 spiro atoms. The van der Waals surface area contributed by atoms with Crippen molar-refractivity contribution in [1.82, 2.24) is 0 Å². The zero-order valence-electron chi connectivity index (χ0n) is 56.8. The van der Waals surface area contributed by atoms with Gasteiger partial charge in [0.25, 0.3) is 6.71 Å². The summed E-state index contributed by atoms with van der Waals surface area (Å²) in [5.41, 5.74) is 16.1. The molecule has 386 valence electrons. The second-order valence-electron chi connectivity index (χ2n) is 27.0. The molecule has 0 atom stereocenters. The van der Waals surface area contributed by atoms with E-state index in [4.69, 9.17) is 7.16 Å². The number of anilines is 9. The fourth-order valence-electron chi connectivity index (χ4n) is 14.4. The van der Waals surface area contributed by atoms with Gasteiger partial charge in [-0.2, -0.15) is 0 Å². The Hall–Kier alpha value is -6.98. The Bertz CT molecular complexity index is 4410. The second-order valence-corrected chi connectivity index (χ2v) is 27.0. The lowest BCUT2D eigenvalue weighted by Gasteiger charge is -2.49. The smallest absolute Gasteiger partial charge is 0.252 e. The van der Waals surface area contributed by atoms with Crippen LogP contribution in [-0.4, -0.2) is 6.71 Å². The molecule has 8 aromatic carbocycles. The van der Waals surface area contributed by atoms with Crippen LogP contribution < -0.4 is 31.1 Å². The Kier molecular flexibility index (Phi) is 8.16. The van der Waals surface area contributed by atoms with Gasteiger partial charge in [-0.05, 0) is 206 Å². The SMILES string of the molecule is [2H]c1c([2H])c([2H])c(N(c2cc3c4c(c2)N(c2ccc5oc6ccccc6c5c2)c2cc5c(cc2B4c2cc4c(cc2N3c2ccc3c(c2)C(C)(C)CCC3(C)C)C(C)(C)CCC4(C)C)C(C)(C)CCC5(C)C)c2c([2H])c([2H])c([2H])c([2H])c2[2H])c([2H])c1[2H]. The minimum absolute atomic E-state index is 0.0937. The molecule has 5 heteroatoms. The fourth-order valence-corrected chi connectivity index (χ4v) is 14.4. The first kappa shape index (κ1) is 38.6. The van der Waals surface area contributed by atoms with Crippen LogP contribution in [0.4, 0.5) is 51.2 Å². The molecule has 0 unspecified atom stereocenters. The van der Waals surface area contributed by atoms with Gasteiger partial charge >= 0.3 is 0 Å². The fraction of sp³-hybridized carbons (Fsp3) is 0.333. The van der Waals surface area contributed by atoms with Crippen molar-refractivity contribution in [1.29, 1.82) is 0 Å². The summed E-state index contributed by atoms with van der Waals surface area (Å²) < 4.78 is 99.7. The van der Waals surface area contributed by atoms with Crippen molar-refractivity contribution in [3.8, 4) is 0 Å². The van der Waals surface area contributed by atoms with E-state index in [-0.39, 0.29) is 56.3 Å². The summed E-state index contributed by atoms with van der Waals surface area (Å²) >= 11 is 0. The number of benzene rings is 8. The van der Waals surface area contributed by atoms with Gasteiger partial charge in [-0.3, -0.25) is 0 Å². The molecule has 2 aliphatic heterocycles. The van der Waals surface area contributed by atoms with E-state index in [0.717, 1.165) is 111 Å². The van der Waals surface area contributed by atoms with Crippen molar-refractivity contribution < 1.29 is 18.1 Å². The topological polar surface area (TPSA) is 22.9 Å². The van der Waals surface area contributed by atoms with Crippen LogP contribution in [0.15, 0.2) is 162 Å². The standard InChI is InChI=1S/C72H74BN3O/c1-67(2)31-32-68(3,4)53-38-48(27-29-52(53)67)76-61-44-57-55(70(7,8)34-36-72(57,11)12)42-59(61)73-58-41-54-56(71(9,10)35-33-69(54,5)6)43-60(58)75(47-28-30-65-51(37-47)50-25-19-20-26-64(50)77-65)62-39-49(40-63(76)66(62)73)74(45-21-15-13-16-22-45)46-23-17-14-18-24-46/h13-30,37-44H,31-36H2,1-12H3/i13D,14D,15D,16D,17D,18D,21D,22D,23D,24D. The highest BCUT2D eigenvalue weighted by Crippen LogP contribution is 2.56. The summed E-state index contributed by atoms with van der Waals surface area (Å²) in [6.45, 7) is 27.9. The Morgan fingerprint density at radius 2 is 0.818 bits per heavy atom. The molecule has 0 amide bonds. The van der Waals surface area contributed by atoms with Gasteiger partial charge in [0, 0.05) is 56.3 Å². The van der Waals surface area contributed by atoms with Crippen LogP contribution in [0.3, 0.4) is 0 Å². The van der Waals surface area contributed by atoms with E-state index >= 15 is 0 Å². The lowest BCUT2D eigenvalue weighted by Crippen LogP contribution is -2.62. The molecule has 1 aromatic heterocycles. The highest BCUT2D eigenvalue weighted by atomic mass is 16.3. The second kappa shape index (κ2) is 16.3. The van der Waals surface area contributed by atoms with Gasteiger partial charge in [-0.1, -0.05) is 156 Å². The van der Waals surface area contributed by atoms with Crippen LogP contribution in [0.5, 0.6) is 0 Å². The number of hydrogen-bond acceptors (Lipinski definition) is 4. The Balaban J connectivity index is 1.21. The molecule has 0 fully saturated rings. The zero-order chi connectivity index (χ0) is 62.0. The van der Waals surface area contributed by atoms with Crippen LogP contribution in [0.1, 0.15) is 169 Å². The number of furan rings is 1. The maximum atomic E-state index is 9.73. The van der Waals surface area contributed by atoms with E-state index in [1.165, 1.54) is 38.3 Å². The van der Waals surface area contributed by atoms with Gasteiger partial charge < -0.3 is 19.1 Å². The van der Waals surface area contributed by atoms with Gasteiger partial charge in [0.15, 0.2) is 0 Å². The number of hydrogen-bond donors (Lipinski definition) is 0. The van der Waals surface area contributed by atoms with Crippen LogP contribution in [-0.2, 0) is 32.5 Å². The van der Waals surface area contributed by atoms with Gasteiger partial charge in [0.2, 0.25) is 0 Å². The van der Waals surface area contributed by atoms with Crippen molar-refractivity contribution in [2.45, 2.75) is 154 Å². The van der Waals surface area contributed by atoms with Crippen molar-refractivity contribution in [3.05, 3.63) is 191 Å². The number of rotatable bonds is 5. The molecule has 0 bridgehead atoms. The molecule has 0 N–H and O–H groups in total. The molecule has 5 aliphatic rings. The van der Waals surface area contributed by atoms with E-state index in [1.807, 2.05) is 36.4 Å². The van der Waals surface area contributed by atoms with Crippen molar-refractivity contribution in [2.75, 3.05) is 14.7 Å². The minimum atomic E-state index is -0.625. The van der Waals surface area contributed by atoms with Crippen LogP contribution in [0, 0.1) is 0 Å². The summed E-state index contributed by atoms with van der Waals surface area (Å²) in [7, 11) is 0. The summed E-state index contributed by atoms with van der Waals surface area (Å²) in [6, 6.07) is 29.1. The lowest BCUT2D eigenvalue weighted by atomic mass is 9.32. The Labute approximate surface area is 472 Å². The molecule has 9 aromatic rings. The van der Waals surface area contributed by atoms with Crippen LogP contribution in [0.2, 0.25) is 0 Å². The Morgan fingerprint density at radius 3 is 1.32 bits per heavy atom. The van der Waals surface area contributed by atoms with E-state index in [0.29, 0.717) is 0 Å². The molecule has 77 heavy (non-hydrogen) atoms. The number of fused-ring (bicyclic) bond motifs is 10. The Morgan fingerprint density at radius 1 is 0.403 bits per heavy atom. The monoisotopic (exact) mass is 1020 g/mol. The van der Waals surface area contributed by atoms with E-state index in [1.54, 1.807) is 0 Å². The van der Waals surface area contributed by atoms with E-state index < -0.39 is 60.4 Å². The summed E-state index contributed by atoms with van der Waals surface area (Å²) in [6.07, 6.45) is 6.00. The largest absolute Gasteiger partial charge is 0.456 e. The summed E-state index contributed by atoms with van der Waals surface area (Å²) in [5.74, 6) is 0. The third-order valence-corrected chi connectivity index (χ3v) is 19.4. The predicted molar refractivity (Wildman–Crippen MR) is 328 cm³/mol. The molecule has 0 saturated heterocycles. The summed E-state index contributed by atoms with van der Waals surface area (Å²) in [5, 5.41) is 1.87. The predicted octanol–water partition coefficient (Wildman–Crippen LogP) is 18.2. The molecule has 14 rings (SSSR count). The third kappa shape index (κ3) is 7.23. The number of nitrogens with zero attached hydrogens (tertiary/aromatic N) is 3. The normalized spacial score (nSPS) is 21.2. The molecule has 3 aliphatic carbocycles. The quantitative estimate of drug-likeness (QED) is 0.160. The third-order valence-electron chi connectivity index (χ3n) is 19.4. The number of para-hydroxylation sites is 3. The first-order valence-electron chi connectivity index (χ1n) is 32.9. The lowest BCUT2D eigenvalue weighted by molar-refractivity contribution is 0.332. The maximum Gasteiger partial charge on any atom is 0.252 e. The first-order chi connectivity index (χ1) is 40.8. The molecule has 0 saturated carbocycles. The molecule has 3 heterocycles. The van der Waals surface area contributed by atoms with Crippen molar-refractivity contribution >= 4 is 96.2 Å². The van der Waals surface area contributed by atoms with Gasteiger partial charge in [-0.25, -0.2) is 0 Å². The van der Waals surface area contributed by atoms with Crippen molar-refractivity contribution in [2.24, 2.45) is 0 Å². The van der Waals surface area contributed by atoms with Crippen molar-refractivity contribution in [3.63, 3.8) is 0 Å². The average molecular weight is 1020 g/mol. The van der Waals surface area contributed by atoms with Gasteiger partial charge in [-0.15, -0.1) is 0 Å². The molecule has 0 radical (unpaired) electrons. The van der Waals surface area contributed by atoms with Crippen LogP contribution in [0.25, 0.3) is 21.9 Å². The van der Waals surface area contributed by atoms with E-state index in [2.05, 4.69) is 154 Å².